The van der Waals surface area contributed by atoms with Crippen molar-refractivity contribution < 1.29 is 0 Å². The lowest BCUT2D eigenvalue weighted by Gasteiger charge is -2.23. The Labute approximate surface area is 125 Å². The van der Waals surface area contributed by atoms with Crippen molar-refractivity contribution in [3.05, 3.63) is 35.4 Å². The molecule has 20 heavy (non-hydrogen) atoms. The quantitative estimate of drug-likeness (QED) is 0.685. The molecule has 0 aliphatic heterocycles. The van der Waals surface area contributed by atoms with Crippen molar-refractivity contribution >= 4 is 0 Å². The molecule has 0 heterocycles. The number of hydrogen-bond acceptors (Lipinski definition) is 1. The van der Waals surface area contributed by atoms with Crippen LogP contribution in [0.25, 0.3) is 0 Å². The highest BCUT2D eigenvalue weighted by atomic mass is 14.9. The Balaban J connectivity index is 1.94. The van der Waals surface area contributed by atoms with Gasteiger partial charge in [0, 0.05) is 6.04 Å². The van der Waals surface area contributed by atoms with E-state index in [1.54, 1.807) is 5.56 Å². The Morgan fingerprint density at radius 2 is 1.80 bits per heavy atom. The number of rotatable bonds is 9. The normalized spacial score (nSPS) is 16.6. The maximum absolute atomic E-state index is 3.75. The summed E-state index contributed by atoms with van der Waals surface area (Å²) in [5.41, 5.74) is 2.99. The average molecular weight is 273 g/mol. The average Bonchev–Trinajstić information content (AvgIpc) is 3.28. The van der Waals surface area contributed by atoms with Crippen molar-refractivity contribution in [2.24, 2.45) is 11.8 Å². The topological polar surface area (TPSA) is 12.0 Å². The Kier molecular flexibility index (Phi) is 6.09. The van der Waals surface area contributed by atoms with Gasteiger partial charge in [-0.25, -0.2) is 0 Å². The van der Waals surface area contributed by atoms with Gasteiger partial charge < -0.3 is 5.32 Å². The molecule has 0 bridgehead atoms. The highest BCUT2D eigenvalue weighted by Crippen LogP contribution is 2.25. The molecule has 1 fully saturated rings. The van der Waals surface area contributed by atoms with Crippen LogP contribution in [0.15, 0.2) is 24.3 Å². The van der Waals surface area contributed by atoms with Gasteiger partial charge in [-0.2, -0.15) is 0 Å². The molecule has 1 aromatic rings. The van der Waals surface area contributed by atoms with Crippen LogP contribution in [-0.4, -0.2) is 12.6 Å². The second-order valence-corrected chi connectivity index (χ2v) is 6.60. The van der Waals surface area contributed by atoms with Gasteiger partial charge in [-0.1, -0.05) is 51.0 Å². The summed E-state index contributed by atoms with van der Waals surface area (Å²) in [5, 5.41) is 3.75. The molecule has 1 nitrogen and oxygen atoms in total. The van der Waals surface area contributed by atoms with Crippen LogP contribution in [0.3, 0.4) is 0 Å². The smallest absolute Gasteiger partial charge is 0.00683 e. The summed E-state index contributed by atoms with van der Waals surface area (Å²) in [4.78, 5) is 0. The van der Waals surface area contributed by atoms with E-state index in [0.717, 1.165) is 17.9 Å². The van der Waals surface area contributed by atoms with E-state index in [-0.39, 0.29) is 0 Å². The zero-order chi connectivity index (χ0) is 14.4. The van der Waals surface area contributed by atoms with Crippen molar-refractivity contribution in [2.45, 2.75) is 65.3 Å². The molecule has 2 rings (SSSR count). The summed E-state index contributed by atoms with van der Waals surface area (Å²) in [6.45, 7) is 8.13. The molecule has 1 aliphatic rings. The second kappa shape index (κ2) is 7.83. The minimum absolute atomic E-state index is 0.793. The van der Waals surface area contributed by atoms with Crippen LogP contribution < -0.4 is 5.32 Å². The molecule has 1 aromatic carbocycles. The second-order valence-electron chi connectivity index (χ2n) is 6.60. The summed E-state index contributed by atoms with van der Waals surface area (Å²) in [6, 6.07) is 9.72. The SMILES string of the molecule is CCC(CC)CC(CNC1CC1)Cc1ccccc1C. The van der Waals surface area contributed by atoms with Gasteiger partial charge in [-0.3, -0.25) is 0 Å². The zero-order valence-corrected chi connectivity index (χ0v) is 13.5. The fraction of sp³-hybridized carbons (Fsp3) is 0.684. The van der Waals surface area contributed by atoms with Gasteiger partial charge in [0.2, 0.25) is 0 Å². The zero-order valence-electron chi connectivity index (χ0n) is 13.5. The van der Waals surface area contributed by atoms with Crippen molar-refractivity contribution in [3.63, 3.8) is 0 Å². The molecule has 0 amide bonds. The van der Waals surface area contributed by atoms with Crippen molar-refractivity contribution in [1.29, 1.82) is 0 Å². The Morgan fingerprint density at radius 1 is 1.10 bits per heavy atom. The van der Waals surface area contributed by atoms with Gasteiger partial charge in [0.05, 0.1) is 0 Å². The van der Waals surface area contributed by atoms with E-state index in [0.29, 0.717) is 0 Å². The molecule has 1 atom stereocenters. The van der Waals surface area contributed by atoms with E-state index in [1.807, 2.05) is 0 Å². The van der Waals surface area contributed by atoms with Crippen LogP contribution >= 0.6 is 0 Å². The molecule has 0 aromatic heterocycles. The summed E-state index contributed by atoms with van der Waals surface area (Å²) >= 11 is 0. The van der Waals surface area contributed by atoms with Gasteiger partial charge in [0.1, 0.15) is 0 Å². The lowest BCUT2D eigenvalue weighted by Crippen LogP contribution is -2.27. The predicted molar refractivity (Wildman–Crippen MR) is 88.1 cm³/mol. The molecule has 1 saturated carbocycles. The summed E-state index contributed by atoms with van der Waals surface area (Å²) < 4.78 is 0. The Bertz CT molecular complexity index is 391. The summed E-state index contributed by atoms with van der Waals surface area (Å²) in [7, 11) is 0. The molecule has 1 aliphatic carbocycles. The van der Waals surface area contributed by atoms with Crippen LogP contribution in [0.4, 0.5) is 0 Å². The van der Waals surface area contributed by atoms with Gasteiger partial charge in [0.15, 0.2) is 0 Å². The van der Waals surface area contributed by atoms with E-state index in [4.69, 9.17) is 0 Å². The number of hydrogen-bond donors (Lipinski definition) is 1. The largest absolute Gasteiger partial charge is 0.314 e. The number of aryl methyl sites for hydroxylation is 1. The van der Waals surface area contributed by atoms with Crippen LogP contribution in [0.5, 0.6) is 0 Å². The first-order valence-electron chi connectivity index (χ1n) is 8.50. The van der Waals surface area contributed by atoms with E-state index in [2.05, 4.69) is 50.4 Å². The molecule has 1 unspecified atom stereocenters. The molecule has 1 heteroatoms. The third kappa shape index (κ3) is 4.94. The maximum Gasteiger partial charge on any atom is 0.00683 e. The van der Waals surface area contributed by atoms with Gasteiger partial charge in [-0.15, -0.1) is 0 Å². The fourth-order valence-corrected chi connectivity index (χ4v) is 3.10. The lowest BCUT2D eigenvalue weighted by atomic mass is 9.86. The van der Waals surface area contributed by atoms with Gasteiger partial charge in [0.25, 0.3) is 0 Å². The van der Waals surface area contributed by atoms with E-state index in [9.17, 15) is 0 Å². The van der Waals surface area contributed by atoms with Crippen LogP contribution in [-0.2, 0) is 6.42 Å². The van der Waals surface area contributed by atoms with E-state index >= 15 is 0 Å². The first kappa shape index (κ1) is 15.6. The van der Waals surface area contributed by atoms with Gasteiger partial charge >= 0.3 is 0 Å². The Morgan fingerprint density at radius 3 is 2.40 bits per heavy atom. The summed E-state index contributed by atoms with van der Waals surface area (Å²) in [5.74, 6) is 1.69. The molecule has 0 spiro atoms. The molecule has 0 radical (unpaired) electrons. The monoisotopic (exact) mass is 273 g/mol. The van der Waals surface area contributed by atoms with Crippen molar-refractivity contribution in [1.82, 2.24) is 5.32 Å². The van der Waals surface area contributed by atoms with Crippen molar-refractivity contribution in [3.8, 4) is 0 Å². The minimum atomic E-state index is 0.793. The first-order chi connectivity index (χ1) is 9.72. The fourth-order valence-electron chi connectivity index (χ4n) is 3.10. The number of benzene rings is 1. The van der Waals surface area contributed by atoms with Crippen LogP contribution in [0.2, 0.25) is 0 Å². The highest BCUT2D eigenvalue weighted by molar-refractivity contribution is 5.26. The lowest BCUT2D eigenvalue weighted by molar-refractivity contribution is 0.337. The minimum Gasteiger partial charge on any atom is -0.314 e. The van der Waals surface area contributed by atoms with E-state index < -0.39 is 0 Å². The summed E-state index contributed by atoms with van der Waals surface area (Å²) in [6.07, 6.45) is 8.04. The molecule has 112 valence electrons. The third-order valence-electron chi connectivity index (χ3n) is 4.86. The molecule has 0 saturated heterocycles. The standard InChI is InChI=1S/C19H31N/c1-4-16(5-2)12-17(14-20-19-10-11-19)13-18-9-7-6-8-15(18)3/h6-9,16-17,19-20H,4-5,10-14H2,1-3H3. The number of nitrogens with one attached hydrogen (secondary N) is 1. The molecular formula is C19H31N. The van der Waals surface area contributed by atoms with Crippen LogP contribution in [0, 0.1) is 18.8 Å². The van der Waals surface area contributed by atoms with Gasteiger partial charge in [-0.05, 0) is 62.1 Å². The molecule has 1 N–H and O–H groups in total. The van der Waals surface area contributed by atoms with Crippen LogP contribution in [0.1, 0.15) is 57.1 Å². The van der Waals surface area contributed by atoms with Crippen molar-refractivity contribution in [2.75, 3.05) is 6.54 Å². The third-order valence-corrected chi connectivity index (χ3v) is 4.86. The molecular weight excluding hydrogens is 242 g/mol. The van der Waals surface area contributed by atoms with E-state index in [1.165, 1.54) is 50.6 Å². The first-order valence-corrected chi connectivity index (χ1v) is 8.50. The predicted octanol–water partition coefficient (Wildman–Crippen LogP) is 4.73. The maximum atomic E-state index is 3.75. The highest BCUT2D eigenvalue weighted by Gasteiger charge is 2.23. The Hall–Kier alpha value is -0.820.